The van der Waals surface area contributed by atoms with Crippen molar-refractivity contribution in [2.24, 2.45) is 4.99 Å². The molecule has 0 amide bonds. The largest absolute Gasteiger partial charge is 0.491 e. The van der Waals surface area contributed by atoms with E-state index in [2.05, 4.69) is 39.5 Å². The molecule has 4 heteroatoms. The first-order valence-corrected chi connectivity index (χ1v) is 7.05. The van der Waals surface area contributed by atoms with Crippen LogP contribution in [0, 0.1) is 0 Å². The number of nitrogens with one attached hydrogen (secondary N) is 1. The van der Waals surface area contributed by atoms with E-state index in [1.165, 1.54) is 5.56 Å². The van der Waals surface area contributed by atoms with Crippen molar-refractivity contribution in [3.05, 3.63) is 29.8 Å². The Morgan fingerprint density at radius 3 is 2.84 bits per heavy atom. The third kappa shape index (κ3) is 2.53. The molecule has 1 aromatic rings. The van der Waals surface area contributed by atoms with Gasteiger partial charge < -0.3 is 15.0 Å². The molecule has 1 N–H and O–H groups in total. The Morgan fingerprint density at radius 1 is 1.32 bits per heavy atom. The van der Waals surface area contributed by atoms with E-state index >= 15 is 0 Å². The number of fused-ring (bicyclic) bond motifs is 1. The monoisotopic (exact) mass is 259 g/mol. The third-order valence-corrected chi connectivity index (χ3v) is 3.58. The Labute approximate surface area is 114 Å². The van der Waals surface area contributed by atoms with Crippen molar-refractivity contribution < 1.29 is 4.74 Å². The van der Waals surface area contributed by atoms with Gasteiger partial charge in [-0.15, -0.1) is 0 Å². The first kappa shape index (κ1) is 12.3. The van der Waals surface area contributed by atoms with Gasteiger partial charge in [0.1, 0.15) is 5.75 Å². The van der Waals surface area contributed by atoms with E-state index in [-0.39, 0.29) is 6.10 Å². The van der Waals surface area contributed by atoms with Crippen LogP contribution in [-0.2, 0) is 0 Å². The number of rotatable bonds is 3. The number of aliphatic imine (C=N–C) groups is 1. The van der Waals surface area contributed by atoms with E-state index in [1.54, 1.807) is 0 Å². The molecule has 0 saturated carbocycles. The van der Waals surface area contributed by atoms with Gasteiger partial charge in [0.2, 0.25) is 0 Å². The summed E-state index contributed by atoms with van der Waals surface area (Å²) in [5, 5.41) is 3.35. The molecule has 0 radical (unpaired) electrons. The van der Waals surface area contributed by atoms with Crippen molar-refractivity contribution in [2.75, 3.05) is 19.6 Å². The van der Waals surface area contributed by atoms with E-state index in [0.717, 1.165) is 37.8 Å². The molecule has 2 heterocycles. The van der Waals surface area contributed by atoms with Crippen LogP contribution in [0.25, 0.3) is 0 Å². The molecule has 102 valence electrons. The normalized spacial score (nSPS) is 21.9. The van der Waals surface area contributed by atoms with Crippen LogP contribution in [0.5, 0.6) is 5.75 Å². The molecule has 1 atom stereocenters. The highest BCUT2D eigenvalue weighted by Gasteiger charge is 2.29. The van der Waals surface area contributed by atoms with E-state index in [9.17, 15) is 0 Å². The highest BCUT2D eigenvalue weighted by molar-refractivity contribution is 5.82. The van der Waals surface area contributed by atoms with Gasteiger partial charge in [-0.25, -0.2) is 0 Å². The van der Waals surface area contributed by atoms with Gasteiger partial charge in [0.15, 0.2) is 5.96 Å². The van der Waals surface area contributed by atoms with E-state index in [4.69, 9.17) is 4.74 Å². The van der Waals surface area contributed by atoms with E-state index in [1.807, 2.05) is 13.8 Å². The number of ether oxygens (including phenoxy) is 1. The van der Waals surface area contributed by atoms with Crippen molar-refractivity contribution >= 4 is 5.96 Å². The SMILES string of the molecule is CC(C)Oc1ccc(C2CCN=C3NCCN32)cc1. The molecule has 0 aromatic heterocycles. The molecule has 1 saturated heterocycles. The number of nitrogens with zero attached hydrogens (tertiary/aromatic N) is 2. The molecule has 2 aliphatic heterocycles. The minimum Gasteiger partial charge on any atom is -0.491 e. The van der Waals surface area contributed by atoms with Crippen LogP contribution in [0.1, 0.15) is 31.9 Å². The van der Waals surface area contributed by atoms with Gasteiger partial charge in [0, 0.05) is 19.6 Å². The third-order valence-electron chi connectivity index (χ3n) is 3.58. The molecule has 1 aromatic carbocycles. The maximum absolute atomic E-state index is 5.69. The zero-order valence-corrected chi connectivity index (χ0v) is 11.6. The summed E-state index contributed by atoms with van der Waals surface area (Å²) in [6, 6.07) is 8.97. The van der Waals surface area contributed by atoms with E-state index in [0.29, 0.717) is 6.04 Å². The standard InChI is InChI=1S/C15H21N3O/c1-11(2)19-13-5-3-12(4-6-13)14-7-8-16-15-17-9-10-18(14)15/h3-6,11,14H,7-10H2,1-2H3,(H,16,17). The Morgan fingerprint density at radius 2 is 2.11 bits per heavy atom. The summed E-state index contributed by atoms with van der Waals surface area (Å²) in [6.45, 7) is 7.06. The molecule has 19 heavy (non-hydrogen) atoms. The van der Waals surface area contributed by atoms with Gasteiger partial charge in [-0.2, -0.15) is 0 Å². The Hall–Kier alpha value is -1.71. The zero-order valence-electron chi connectivity index (χ0n) is 11.6. The van der Waals surface area contributed by atoms with Gasteiger partial charge in [0.25, 0.3) is 0 Å². The molecule has 3 rings (SSSR count). The number of hydrogen-bond donors (Lipinski definition) is 1. The number of guanidine groups is 1. The van der Waals surface area contributed by atoms with Crippen LogP contribution in [0.3, 0.4) is 0 Å². The molecule has 0 spiro atoms. The predicted octanol–water partition coefficient (Wildman–Crippen LogP) is 2.18. The maximum atomic E-state index is 5.69. The van der Waals surface area contributed by atoms with Crippen LogP contribution in [0.2, 0.25) is 0 Å². The Balaban J connectivity index is 1.77. The summed E-state index contributed by atoms with van der Waals surface area (Å²) in [4.78, 5) is 6.91. The Bertz CT molecular complexity index is 467. The van der Waals surface area contributed by atoms with Crippen LogP contribution in [-0.4, -0.2) is 36.6 Å². The molecular formula is C15H21N3O. The summed E-state index contributed by atoms with van der Waals surface area (Å²) >= 11 is 0. The van der Waals surface area contributed by atoms with Crippen LogP contribution in [0.15, 0.2) is 29.3 Å². The molecule has 2 aliphatic rings. The minimum atomic E-state index is 0.224. The summed E-state index contributed by atoms with van der Waals surface area (Å²) in [7, 11) is 0. The summed E-state index contributed by atoms with van der Waals surface area (Å²) in [5.41, 5.74) is 1.35. The number of hydrogen-bond acceptors (Lipinski definition) is 4. The fourth-order valence-corrected chi connectivity index (χ4v) is 2.78. The highest BCUT2D eigenvalue weighted by atomic mass is 16.5. The van der Waals surface area contributed by atoms with Crippen LogP contribution in [0.4, 0.5) is 0 Å². The molecular weight excluding hydrogens is 238 g/mol. The van der Waals surface area contributed by atoms with Crippen molar-refractivity contribution in [1.29, 1.82) is 0 Å². The highest BCUT2D eigenvalue weighted by Crippen LogP contribution is 2.30. The summed E-state index contributed by atoms with van der Waals surface area (Å²) in [5.74, 6) is 2.02. The topological polar surface area (TPSA) is 36.9 Å². The average molecular weight is 259 g/mol. The fourth-order valence-electron chi connectivity index (χ4n) is 2.78. The van der Waals surface area contributed by atoms with Gasteiger partial charge in [-0.3, -0.25) is 4.99 Å². The number of benzene rings is 1. The van der Waals surface area contributed by atoms with Gasteiger partial charge >= 0.3 is 0 Å². The smallest absolute Gasteiger partial charge is 0.194 e. The quantitative estimate of drug-likeness (QED) is 0.904. The molecule has 1 unspecified atom stereocenters. The molecule has 1 fully saturated rings. The zero-order chi connectivity index (χ0) is 13.2. The lowest BCUT2D eigenvalue weighted by Gasteiger charge is -2.32. The van der Waals surface area contributed by atoms with E-state index < -0.39 is 0 Å². The lowest BCUT2D eigenvalue weighted by atomic mass is 10.0. The fraction of sp³-hybridized carbons (Fsp3) is 0.533. The van der Waals surface area contributed by atoms with Crippen LogP contribution < -0.4 is 10.1 Å². The summed E-state index contributed by atoms with van der Waals surface area (Å²) < 4.78 is 5.69. The van der Waals surface area contributed by atoms with Gasteiger partial charge in [0.05, 0.1) is 12.1 Å². The first-order chi connectivity index (χ1) is 9.24. The maximum Gasteiger partial charge on any atom is 0.194 e. The average Bonchev–Trinajstić information content (AvgIpc) is 2.87. The molecule has 4 nitrogen and oxygen atoms in total. The van der Waals surface area contributed by atoms with Crippen molar-refractivity contribution in [2.45, 2.75) is 32.4 Å². The van der Waals surface area contributed by atoms with Crippen molar-refractivity contribution in [3.8, 4) is 5.75 Å². The summed E-state index contributed by atoms with van der Waals surface area (Å²) in [6.07, 6.45) is 1.32. The molecule has 0 aliphatic carbocycles. The second kappa shape index (κ2) is 5.11. The second-order valence-corrected chi connectivity index (χ2v) is 5.37. The minimum absolute atomic E-state index is 0.224. The lowest BCUT2D eigenvalue weighted by molar-refractivity contribution is 0.242. The predicted molar refractivity (Wildman–Crippen MR) is 76.6 cm³/mol. The Kier molecular flexibility index (Phi) is 3.32. The lowest BCUT2D eigenvalue weighted by Crippen LogP contribution is -2.37. The van der Waals surface area contributed by atoms with Gasteiger partial charge in [-0.1, -0.05) is 12.1 Å². The molecule has 0 bridgehead atoms. The van der Waals surface area contributed by atoms with Crippen molar-refractivity contribution in [3.63, 3.8) is 0 Å². The second-order valence-electron chi connectivity index (χ2n) is 5.37. The van der Waals surface area contributed by atoms with Crippen LogP contribution >= 0.6 is 0 Å². The first-order valence-electron chi connectivity index (χ1n) is 7.05. The van der Waals surface area contributed by atoms with Gasteiger partial charge in [-0.05, 0) is 38.0 Å². The van der Waals surface area contributed by atoms with Crippen molar-refractivity contribution in [1.82, 2.24) is 10.2 Å².